The van der Waals surface area contributed by atoms with E-state index < -0.39 is 11.9 Å². The molecule has 0 aliphatic heterocycles. The smallest absolute Gasteiger partial charge is 0.176 e. The number of phenols is 1. The van der Waals surface area contributed by atoms with Crippen molar-refractivity contribution in [1.29, 1.82) is 0 Å². The number of hydrogen-bond donors (Lipinski definition) is 1. The van der Waals surface area contributed by atoms with Crippen LogP contribution in [0.25, 0.3) is 0 Å². The first kappa shape index (κ1) is 19.0. The molecule has 3 nitrogen and oxygen atoms in total. The second-order valence-electron chi connectivity index (χ2n) is 6.26. The van der Waals surface area contributed by atoms with Gasteiger partial charge in [0.1, 0.15) is 20.1 Å². The van der Waals surface area contributed by atoms with E-state index in [0.29, 0.717) is 0 Å². The summed E-state index contributed by atoms with van der Waals surface area (Å²) in [5.41, 5.74) is 0. The van der Waals surface area contributed by atoms with Crippen LogP contribution < -0.4 is 4.74 Å². The van der Waals surface area contributed by atoms with Gasteiger partial charge in [0.2, 0.25) is 0 Å². The maximum atomic E-state index is 12.6. The number of rotatable bonds is 3. The van der Waals surface area contributed by atoms with E-state index >= 15 is 0 Å². The lowest BCUT2D eigenvalue weighted by Gasteiger charge is -2.36. The minimum Gasteiger partial charge on any atom is -0.505 e. The van der Waals surface area contributed by atoms with Crippen LogP contribution in [0, 0.1) is 17.8 Å². The molecule has 0 spiro atoms. The molecule has 1 saturated carbocycles. The number of benzene rings is 1. The van der Waals surface area contributed by atoms with Crippen molar-refractivity contribution in [3.05, 3.63) is 20.1 Å². The summed E-state index contributed by atoms with van der Waals surface area (Å²) >= 11 is 24.2. The van der Waals surface area contributed by atoms with Crippen molar-refractivity contribution in [2.75, 3.05) is 0 Å². The highest BCUT2D eigenvalue weighted by atomic mass is 35.5. The van der Waals surface area contributed by atoms with Gasteiger partial charge in [-0.3, -0.25) is 4.79 Å². The van der Waals surface area contributed by atoms with E-state index in [9.17, 15) is 9.90 Å². The molecule has 0 saturated heterocycles. The summed E-state index contributed by atoms with van der Waals surface area (Å²) in [7, 11) is 0. The van der Waals surface area contributed by atoms with E-state index in [0.717, 1.165) is 12.8 Å². The molecule has 3 atom stereocenters. The lowest BCUT2D eigenvalue weighted by atomic mass is 9.74. The van der Waals surface area contributed by atoms with Crippen molar-refractivity contribution in [3.8, 4) is 11.5 Å². The van der Waals surface area contributed by atoms with Gasteiger partial charge >= 0.3 is 0 Å². The van der Waals surface area contributed by atoms with Crippen molar-refractivity contribution >= 4 is 52.2 Å². The number of carbonyl (C=O) groups excluding carboxylic acids is 1. The van der Waals surface area contributed by atoms with E-state index in [-0.39, 0.29) is 49.4 Å². The van der Waals surface area contributed by atoms with Crippen molar-refractivity contribution in [1.82, 2.24) is 0 Å². The van der Waals surface area contributed by atoms with Gasteiger partial charge in [0.25, 0.3) is 0 Å². The largest absolute Gasteiger partial charge is 0.505 e. The summed E-state index contributed by atoms with van der Waals surface area (Å²) in [4.78, 5) is 12.6. The third-order valence-corrected chi connectivity index (χ3v) is 6.04. The van der Waals surface area contributed by atoms with E-state index in [2.05, 4.69) is 0 Å². The third kappa shape index (κ3) is 3.53. The van der Waals surface area contributed by atoms with Crippen molar-refractivity contribution in [2.24, 2.45) is 17.8 Å². The SMILES string of the molecule is CC1CCC(C(C)C)C(Oc2c(Cl)c(Cl)c(O)c(Cl)c2Cl)C1=O. The monoisotopic (exact) mass is 398 g/mol. The lowest BCUT2D eigenvalue weighted by Crippen LogP contribution is -2.44. The molecule has 0 amide bonds. The molecule has 2 rings (SSSR count). The van der Waals surface area contributed by atoms with Crippen LogP contribution in [0.3, 0.4) is 0 Å². The highest BCUT2D eigenvalue weighted by Gasteiger charge is 2.40. The predicted octanol–water partition coefficient (Wildman–Crippen LogP) is 6.02. The van der Waals surface area contributed by atoms with E-state index in [1.807, 2.05) is 20.8 Å². The summed E-state index contributed by atoms with van der Waals surface area (Å²) in [6.45, 7) is 5.98. The Hall–Kier alpha value is -0.350. The fourth-order valence-corrected chi connectivity index (χ4v) is 3.80. The van der Waals surface area contributed by atoms with Gasteiger partial charge in [-0.2, -0.15) is 0 Å². The van der Waals surface area contributed by atoms with Crippen molar-refractivity contribution in [2.45, 2.75) is 39.7 Å². The van der Waals surface area contributed by atoms with E-state index in [4.69, 9.17) is 51.1 Å². The molecule has 3 unspecified atom stereocenters. The highest BCUT2D eigenvalue weighted by molar-refractivity contribution is 6.50. The quantitative estimate of drug-likeness (QED) is 0.631. The Balaban J connectivity index is 2.45. The van der Waals surface area contributed by atoms with E-state index in [1.165, 1.54) is 0 Å². The number of aromatic hydroxyl groups is 1. The summed E-state index contributed by atoms with van der Waals surface area (Å²) in [6.07, 6.45) is 1.05. The third-order valence-electron chi connectivity index (χ3n) is 4.39. The molecule has 0 heterocycles. The number of halogens is 4. The lowest BCUT2D eigenvalue weighted by molar-refractivity contribution is -0.136. The molecule has 0 radical (unpaired) electrons. The first-order chi connectivity index (χ1) is 10.7. The zero-order valence-corrected chi connectivity index (χ0v) is 16.0. The van der Waals surface area contributed by atoms with Crippen molar-refractivity contribution < 1.29 is 14.6 Å². The highest BCUT2D eigenvalue weighted by Crippen LogP contribution is 2.50. The molecule has 1 fully saturated rings. The van der Waals surface area contributed by atoms with Gasteiger partial charge in [0.05, 0.1) is 0 Å². The average Bonchev–Trinajstić information content (AvgIpc) is 2.51. The molecule has 1 aliphatic rings. The molecule has 7 heteroatoms. The van der Waals surface area contributed by atoms with Gasteiger partial charge in [-0.05, 0) is 18.8 Å². The Morgan fingerprint density at radius 2 is 1.57 bits per heavy atom. The van der Waals surface area contributed by atoms with Crippen LogP contribution in [0.15, 0.2) is 0 Å². The standard InChI is InChI=1S/C16H18Cl4O3/c1-6(2)8-5-4-7(3)13(21)15(8)23-16-11(19)9(17)14(22)10(18)12(16)20/h6-8,15,22H,4-5H2,1-3H3. The molecule has 1 aromatic rings. The number of ketones is 1. The molecule has 1 N–H and O–H groups in total. The van der Waals surface area contributed by atoms with Crippen LogP contribution >= 0.6 is 46.4 Å². The minimum atomic E-state index is -0.662. The van der Waals surface area contributed by atoms with Gasteiger partial charge in [0, 0.05) is 11.8 Å². The number of phenolic OH excluding ortho intramolecular Hbond substituents is 1. The summed E-state index contributed by atoms with van der Waals surface area (Å²) in [5, 5.41) is 9.39. The van der Waals surface area contributed by atoms with Crippen molar-refractivity contribution in [3.63, 3.8) is 0 Å². The van der Waals surface area contributed by atoms with Crippen LogP contribution in [-0.4, -0.2) is 17.0 Å². The number of hydrogen-bond acceptors (Lipinski definition) is 3. The zero-order chi connectivity index (χ0) is 17.5. The van der Waals surface area contributed by atoms with Gasteiger partial charge in [-0.25, -0.2) is 0 Å². The van der Waals surface area contributed by atoms with Crippen LogP contribution in [0.5, 0.6) is 11.5 Å². The van der Waals surface area contributed by atoms with Gasteiger partial charge in [-0.1, -0.05) is 67.2 Å². The maximum absolute atomic E-state index is 12.6. The molecular formula is C16H18Cl4O3. The molecular weight excluding hydrogens is 382 g/mol. The fourth-order valence-electron chi connectivity index (χ4n) is 2.89. The Bertz CT molecular complexity index is 601. The molecule has 23 heavy (non-hydrogen) atoms. The van der Waals surface area contributed by atoms with Crippen LogP contribution in [0.4, 0.5) is 0 Å². The molecule has 1 aromatic carbocycles. The average molecular weight is 400 g/mol. The molecule has 128 valence electrons. The predicted molar refractivity (Wildman–Crippen MR) is 94.3 cm³/mol. The first-order valence-corrected chi connectivity index (χ1v) is 8.93. The maximum Gasteiger partial charge on any atom is 0.176 e. The second kappa shape index (κ2) is 7.26. The number of ether oxygens (including phenoxy) is 1. The van der Waals surface area contributed by atoms with Gasteiger partial charge in [-0.15, -0.1) is 0 Å². The molecule has 0 bridgehead atoms. The first-order valence-electron chi connectivity index (χ1n) is 7.42. The summed E-state index contributed by atoms with van der Waals surface area (Å²) < 4.78 is 5.90. The fraction of sp³-hybridized carbons (Fsp3) is 0.562. The number of carbonyl (C=O) groups is 1. The normalized spacial score (nSPS) is 25.0. The minimum absolute atomic E-state index is 0.0161. The Morgan fingerprint density at radius 3 is 2.04 bits per heavy atom. The summed E-state index contributed by atoms with van der Waals surface area (Å²) in [6, 6.07) is 0. The zero-order valence-electron chi connectivity index (χ0n) is 13.0. The topological polar surface area (TPSA) is 46.5 Å². The summed E-state index contributed by atoms with van der Waals surface area (Å²) in [5.74, 6) is -0.120. The Labute approximate surface area is 155 Å². The van der Waals surface area contributed by atoms with Crippen LogP contribution in [-0.2, 0) is 4.79 Å². The Kier molecular flexibility index (Phi) is 5.99. The molecule has 1 aliphatic carbocycles. The van der Waals surface area contributed by atoms with Gasteiger partial charge < -0.3 is 9.84 Å². The Morgan fingerprint density at radius 1 is 1.04 bits per heavy atom. The van der Waals surface area contributed by atoms with Crippen LogP contribution in [0.1, 0.15) is 33.6 Å². The number of Topliss-reactive ketones (excluding diaryl/α,β-unsaturated/α-hetero) is 1. The van der Waals surface area contributed by atoms with Crippen LogP contribution in [0.2, 0.25) is 20.1 Å². The molecule has 0 aromatic heterocycles. The van der Waals surface area contributed by atoms with E-state index in [1.54, 1.807) is 0 Å². The van der Waals surface area contributed by atoms with Gasteiger partial charge in [0.15, 0.2) is 23.4 Å². The second-order valence-corrected chi connectivity index (χ2v) is 7.77.